The van der Waals surface area contributed by atoms with E-state index in [1.807, 2.05) is 0 Å². The van der Waals surface area contributed by atoms with Crippen molar-refractivity contribution in [3.8, 4) is 0 Å². The Bertz CT molecular complexity index is 450. The van der Waals surface area contributed by atoms with E-state index in [0.29, 0.717) is 12.3 Å². The Labute approximate surface area is 127 Å². The van der Waals surface area contributed by atoms with Crippen molar-refractivity contribution < 1.29 is 4.79 Å². The predicted octanol–water partition coefficient (Wildman–Crippen LogP) is 1.71. The third-order valence-electron chi connectivity index (χ3n) is 4.00. The number of hydrogen-bond acceptors (Lipinski definition) is 3. The normalized spacial score (nSPS) is 17.9. The monoisotopic (exact) mass is 289 g/mol. The molecule has 1 aliphatic heterocycles. The largest absolute Gasteiger partial charge is 0.370 e. The second kappa shape index (κ2) is 7.57. The van der Waals surface area contributed by atoms with Crippen molar-refractivity contribution >= 4 is 5.91 Å². The molecule has 1 aliphatic rings. The summed E-state index contributed by atoms with van der Waals surface area (Å²) in [4.78, 5) is 13.8. The fraction of sp³-hybridized carbons (Fsp3) is 0.588. The number of primary amides is 1. The number of benzene rings is 1. The third-order valence-corrected chi connectivity index (χ3v) is 4.00. The highest BCUT2D eigenvalue weighted by Gasteiger charge is 2.23. The first-order valence-electron chi connectivity index (χ1n) is 7.88. The number of nitrogens with two attached hydrogens (primary N) is 1. The van der Waals surface area contributed by atoms with Gasteiger partial charge in [-0.25, -0.2) is 0 Å². The number of carbonyl (C=O) groups excluding carboxylic acids is 1. The summed E-state index contributed by atoms with van der Waals surface area (Å²) in [5, 5.41) is 3.35. The van der Waals surface area contributed by atoms with Crippen LogP contribution in [0.1, 0.15) is 37.4 Å². The lowest BCUT2D eigenvalue weighted by Crippen LogP contribution is -2.46. The zero-order chi connectivity index (χ0) is 15.2. The zero-order valence-corrected chi connectivity index (χ0v) is 13.1. The summed E-state index contributed by atoms with van der Waals surface area (Å²) in [6.07, 6.45) is 1.48. The van der Waals surface area contributed by atoms with Crippen LogP contribution in [-0.2, 0) is 11.2 Å². The smallest absolute Gasteiger partial charge is 0.219 e. The molecule has 116 valence electrons. The molecule has 1 atom stereocenters. The quantitative estimate of drug-likeness (QED) is 0.838. The number of amides is 1. The van der Waals surface area contributed by atoms with Crippen molar-refractivity contribution in [2.24, 2.45) is 11.7 Å². The maximum Gasteiger partial charge on any atom is 0.219 e. The zero-order valence-electron chi connectivity index (χ0n) is 13.1. The van der Waals surface area contributed by atoms with Crippen LogP contribution in [0.15, 0.2) is 24.3 Å². The van der Waals surface area contributed by atoms with Crippen LogP contribution in [0, 0.1) is 5.92 Å². The third kappa shape index (κ3) is 4.83. The Morgan fingerprint density at radius 2 is 1.86 bits per heavy atom. The molecule has 0 radical (unpaired) electrons. The molecule has 1 heterocycles. The van der Waals surface area contributed by atoms with Crippen molar-refractivity contribution in [3.05, 3.63) is 35.4 Å². The molecule has 2 rings (SSSR count). The van der Waals surface area contributed by atoms with E-state index in [1.54, 1.807) is 0 Å². The van der Waals surface area contributed by atoms with Gasteiger partial charge in [-0.3, -0.25) is 9.69 Å². The van der Waals surface area contributed by atoms with Crippen molar-refractivity contribution in [1.82, 2.24) is 10.2 Å². The van der Waals surface area contributed by atoms with Crippen LogP contribution in [0.2, 0.25) is 0 Å². The second-order valence-electron chi connectivity index (χ2n) is 6.31. The molecular weight excluding hydrogens is 262 g/mol. The van der Waals surface area contributed by atoms with E-state index in [-0.39, 0.29) is 11.9 Å². The van der Waals surface area contributed by atoms with Crippen molar-refractivity contribution in [1.29, 1.82) is 0 Å². The van der Waals surface area contributed by atoms with Gasteiger partial charge in [0.05, 0.1) is 0 Å². The summed E-state index contributed by atoms with van der Waals surface area (Å²) >= 11 is 0. The number of hydrogen-bond donors (Lipinski definition) is 2. The van der Waals surface area contributed by atoms with E-state index < -0.39 is 0 Å². The molecule has 0 bridgehead atoms. The predicted molar refractivity (Wildman–Crippen MR) is 86.0 cm³/mol. The van der Waals surface area contributed by atoms with Crippen molar-refractivity contribution in [2.45, 2.75) is 32.7 Å². The standard InChI is InChI=1S/C17H27N3O/c1-13(2)11-14-3-5-15(6-4-14)16(12-17(18)21)20-9-7-19-8-10-20/h3-6,13,16,19H,7-12H2,1-2H3,(H2,18,21). The first-order valence-corrected chi connectivity index (χ1v) is 7.88. The summed E-state index contributed by atoms with van der Waals surface area (Å²) in [5.41, 5.74) is 8.00. The molecule has 0 saturated carbocycles. The molecule has 0 aliphatic carbocycles. The average molecular weight is 289 g/mol. The molecule has 3 N–H and O–H groups in total. The first-order chi connectivity index (χ1) is 10.1. The molecule has 1 amide bonds. The number of piperazine rings is 1. The summed E-state index contributed by atoms with van der Waals surface area (Å²) in [5.74, 6) is 0.426. The van der Waals surface area contributed by atoms with Crippen LogP contribution in [-0.4, -0.2) is 37.0 Å². The Morgan fingerprint density at radius 1 is 1.24 bits per heavy atom. The van der Waals surface area contributed by atoms with E-state index in [9.17, 15) is 4.79 Å². The van der Waals surface area contributed by atoms with Gasteiger partial charge in [0.1, 0.15) is 0 Å². The van der Waals surface area contributed by atoms with Crippen molar-refractivity contribution in [3.63, 3.8) is 0 Å². The molecule has 4 nitrogen and oxygen atoms in total. The topological polar surface area (TPSA) is 58.4 Å². The van der Waals surface area contributed by atoms with Gasteiger partial charge in [0.25, 0.3) is 0 Å². The van der Waals surface area contributed by atoms with Crippen LogP contribution in [0.4, 0.5) is 0 Å². The Balaban J connectivity index is 2.13. The minimum atomic E-state index is -0.232. The lowest BCUT2D eigenvalue weighted by atomic mass is 9.97. The second-order valence-corrected chi connectivity index (χ2v) is 6.31. The molecule has 0 spiro atoms. The van der Waals surface area contributed by atoms with Gasteiger partial charge in [0, 0.05) is 38.6 Å². The molecule has 0 aromatic heterocycles. The molecule has 1 unspecified atom stereocenters. The van der Waals surface area contributed by atoms with Gasteiger partial charge in [-0.2, -0.15) is 0 Å². The summed E-state index contributed by atoms with van der Waals surface area (Å²) < 4.78 is 0. The SMILES string of the molecule is CC(C)Cc1ccc(C(CC(N)=O)N2CCNCC2)cc1. The van der Waals surface area contributed by atoms with Gasteiger partial charge in [-0.15, -0.1) is 0 Å². The first kappa shape index (κ1) is 16.0. The van der Waals surface area contributed by atoms with E-state index in [1.165, 1.54) is 11.1 Å². The maximum atomic E-state index is 11.4. The summed E-state index contributed by atoms with van der Waals surface area (Å²) in [6, 6.07) is 8.80. The molecule has 1 aromatic carbocycles. The number of nitrogens with one attached hydrogen (secondary N) is 1. The van der Waals surface area contributed by atoms with Crippen LogP contribution in [0.25, 0.3) is 0 Å². The highest BCUT2D eigenvalue weighted by atomic mass is 16.1. The molecule has 4 heteroatoms. The van der Waals surface area contributed by atoms with Gasteiger partial charge in [0.2, 0.25) is 5.91 Å². The van der Waals surface area contributed by atoms with E-state index in [0.717, 1.165) is 32.6 Å². The molecule has 21 heavy (non-hydrogen) atoms. The average Bonchev–Trinajstić information content (AvgIpc) is 2.46. The van der Waals surface area contributed by atoms with Crippen LogP contribution < -0.4 is 11.1 Å². The van der Waals surface area contributed by atoms with E-state index in [4.69, 9.17) is 5.73 Å². The molecular formula is C17H27N3O. The molecule has 1 aromatic rings. The maximum absolute atomic E-state index is 11.4. The lowest BCUT2D eigenvalue weighted by molar-refractivity contribution is -0.119. The van der Waals surface area contributed by atoms with Gasteiger partial charge in [-0.1, -0.05) is 38.1 Å². The fourth-order valence-electron chi connectivity index (χ4n) is 2.99. The molecule has 1 saturated heterocycles. The summed E-state index contributed by atoms with van der Waals surface area (Å²) in [7, 11) is 0. The van der Waals surface area contributed by atoms with Crippen LogP contribution in [0.5, 0.6) is 0 Å². The van der Waals surface area contributed by atoms with Gasteiger partial charge in [0.15, 0.2) is 0 Å². The van der Waals surface area contributed by atoms with Gasteiger partial charge in [-0.05, 0) is 23.5 Å². The van der Waals surface area contributed by atoms with E-state index in [2.05, 4.69) is 48.3 Å². The van der Waals surface area contributed by atoms with Crippen LogP contribution in [0.3, 0.4) is 0 Å². The molecule has 1 fully saturated rings. The summed E-state index contributed by atoms with van der Waals surface area (Å²) in [6.45, 7) is 8.33. The number of nitrogens with zero attached hydrogens (tertiary/aromatic N) is 1. The van der Waals surface area contributed by atoms with Gasteiger partial charge >= 0.3 is 0 Å². The Morgan fingerprint density at radius 3 is 2.38 bits per heavy atom. The fourth-order valence-corrected chi connectivity index (χ4v) is 2.99. The Hall–Kier alpha value is -1.39. The lowest BCUT2D eigenvalue weighted by Gasteiger charge is -2.34. The van der Waals surface area contributed by atoms with E-state index >= 15 is 0 Å². The van der Waals surface area contributed by atoms with Gasteiger partial charge < -0.3 is 11.1 Å². The highest BCUT2D eigenvalue weighted by Crippen LogP contribution is 2.25. The Kier molecular flexibility index (Phi) is 5.76. The minimum Gasteiger partial charge on any atom is -0.370 e. The van der Waals surface area contributed by atoms with Crippen LogP contribution >= 0.6 is 0 Å². The number of rotatable bonds is 6. The van der Waals surface area contributed by atoms with Crippen molar-refractivity contribution in [2.75, 3.05) is 26.2 Å². The highest BCUT2D eigenvalue weighted by molar-refractivity contribution is 5.74. The number of carbonyl (C=O) groups is 1. The minimum absolute atomic E-state index is 0.109.